The number of nitrogens with one attached hydrogen (secondary N) is 2. The molecule has 2 amide bonds. The third kappa shape index (κ3) is 4.75. The van der Waals surface area contributed by atoms with Crippen molar-refractivity contribution in [1.29, 1.82) is 0 Å². The molecular formula is C13H20N4OS. The summed E-state index contributed by atoms with van der Waals surface area (Å²) in [5, 5.41) is 6.01. The first kappa shape index (κ1) is 15.2. The molecule has 0 aliphatic carbocycles. The van der Waals surface area contributed by atoms with E-state index >= 15 is 0 Å². The summed E-state index contributed by atoms with van der Waals surface area (Å²) in [6.07, 6.45) is 0. The molecule has 0 radical (unpaired) electrons. The first-order valence-electron chi connectivity index (χ1n) is 6.01. The van der Waals surface area contributed by atoms with Gasteiger partial charge in [0.1, 0.15) is 4.99 Å². The summed E-state index contributed by atoms with van der Waals surface area (Å²) in [4.78, 5) is 13.2. The van der Waals surface area contributed by atoms with Gasteiger partial charge in [-0.05, 0) is 24.6 Å². The van der Waals surface area contributed by atoms with Gasteiger partial charge in [-0.15, -0.1) is 0 Å². The van der Waals surface area contributed by atoms with Crippen molar-refractivity contribution >= 4 is 28.9 Å². The van der Waals surface area contributed by atoms with Crippen LogP contribution in [0, 0.1) is 6.92 Å². The number of carbonyl (C=O) groups excluding carboxylic acids is 1. The van der Waals surface area contributed by atoms with E-state index < -0.39 is 0 Å². The molecule has 0 fully saturated rings. The maximum absolute atomic E-state index is 11.3. The zero-order chi connectivity index (χ0) is 14.4. The van der Waals surface area contributed by atoms with Crippen molar-refractivity contribution in [1.82, 2.24) is 10.2 Å². The van der Waals surface area contributed by atoms with Crippen molar-refractivity contribution in [2.45, 2.75) is 6.92 Å². The molecule has 0 saturated heterocycles. The van der Waals surface area contributed by atoms with E-state index in [-0.39, 0.29) is 6.03 Å². The highest BCUT2D eigenvalue weighted by Gasteiger charge is 2.05. The number of thiocarbonyl (C=S) groups is 1. The number of hydrogen-bond donors (Lipinski definition) is 3. The van der Waals surface area contributed by atoms with Crippen LogP contribution in [0.1, 0.15) is 11.1 Å². The van der Waals surface area contributed by atoms with Crippen LogP contribution in [0.2, 0.25) is 0 Å². The molecule has 0 heterocycles. The van der Waals surface area contributed by atoms with Crippen molar-refractivity contribution < 1.29 is 4.79 Å². The van der Waals surface area contributed by atoms with E-state index in [1.54, 1.807) is 14.1 Å². The number of amides is 2. The average molecular weight is 280 g/mol. The van der Waals surface area contributed by atoms with E-state index in [9.17, 15) is 4.79 Å². The Balaban J connectivity index is 2.55. The molecule has 1 aromatic rings. The van der Waals surface area contributed by atoms with E-state index in [1.165, 1.54) is 4.90 Å². The zero-order valence-electron chi connectivity index (χ0n) is 11.5. The Bertz CT molecular complexity index is 474. The Kier molecular flexibility index (Phi) is 5.57. The number of hydrogen-bond acceptors (Lipinski definition) is 3. The maximum atomic E-state index is 11.3. The van der Waals surface area contributed by atoms with Gasteiger partial charge in [0.05, 0.1) is 0 Å². The molecule has 1 aromatic carbocycles. The molecule has 0 aliphatic rings. The van der Waals surface area contributed by atoms with Crippen molar-refractivity contribution in [3.8, 4) is 0 Å². The van der Waals surface area contributed by atoms with E-state index in [0.717, 1.165) is 16.8 Å². The lowest BCUT2D eigenvalue weighted by Gasteiger charge is -2.14. The summed E-state index contributed by atoms with van der Waals surface area (Å²) in [5.74, 6) is 0. The fraction of sp³-hybridized carbons (Fsp3) is 0.385. The number of carbonyl (C=O) groups is 1. The van der Waals surface area contributed by atoms with Gasteiger partial charge in [0.2, 0.25) is 0 Å². The van der Waals surface area contributed by atoms with Gasteiger partial charge < -0.3 is 21.3 Å². The highest BCUT2D eigenvalue weighted by atomic mass is 32.1. The minimum absolute atomic E-state index is 0.111. The Morgan fingerprint density at radius 1 is 1.37 bits per heavy atom. The first-order valence-corrected chi connectivity index (χ1v) is 6.42. The second-order valence-corrected chi connectivity index (χ2v) is 4.91. The summed E-state index contributed by atoms with van der Waals surface area (Å²) in [6.45, 7) is 3.14. The SMILES string of the molecule is Cc1ccc(C(N)=S)c(NCCNC(=O)N(C)C)c1. The molecule has 0 unspecified atom stereocenters. The van der Waals surface area contributed by atoms with Crippen LogP contribution in [0.25, 0.3) is 0 Å². The second-order valence-electron chi connectivity index (χ2n) is 4.47. The summed E-state index contributed by atoms with van der Waals surface area (Å²) in [7, 11) is 3.41. The molecule has 4 N–H and O–H groups in total. The van der Waals surface area contributed by atoms with Crippen LogP contribution in [0.5, 0.6) is 0 Å². The van der Waals surface area contributed by atoms with Crippen LogP contribution in [0.15, 0.2) is 18.2 Å². The Labute approximate surface area is 119 Å². The Morgan fingerprint density at radius 2 is 2.05 bits per heavy atom. The fourth-order valence-corrected chi connectivity index (χ4v) is 1.72. The van der Waals surface area contributed by atoms with E-state index in [0.29, 0.717) is 18.1 Å². The quantitative estimate of drug-likeness (QED) is 0.562. The molecular weight excluding hydrogens is 260 g/mol. The number of benzene rings is 1. The Hall–Kier alpha value is -1.82. The van der Waals surface area contributed by atoms with Gasteiger partial charge in [0, 0.05) is 38.4 Å². The van der Waals surface area contributed by atoms with Gasteiger partial charge in [0.15, 0.2) is 0 Å². The lowest BCUT2D eigenvalue weighted by atomic mass is 10.1. The summed E-state index contributed by atoms with van der Waals surface area (Å²) in [5.41, 5.74) is 8.51. The average Bonchev–Trinajstić information content (AvgIpc) is 2.33. The maximum Gasteiger partial charge on any atom is 0.316 e. The summed E-state index contributed by atoms with van der Waals surface area (Å²) < 4.78 is 0. The van der Waals surface area contributed by atoms with Crippen molar-refractivity contribution in [2.75, 3.05) is 32.5 Å². The van der Waals surface area contributed by atoms with Crippen LogP contribution in [0.3, 0.4) is 0 Å². The summed E-state index contributed by atoms with van der Waals surface area (Å²) >= 11 is 5.01. The molecule has 104 valence electrons. The number of nitrogens with zero attached hydrogens (tertiary/aromatic N) is 1. The smallest absolute Gasteiger partial charge is 0.316 e. The lowest BCUT2D eigenvalue weighted by Crippen LogP contribution is -2.37. The monoisotopic (exact) mass is 280 g/mol. The van der Waals surface area contributed by atoms with E-state index in [2.05, 4.69) is 10.6 Å². The van der Waals surface area contributed by atoms with Crippen LogP contribution in [-0.2, 0) is 0 Å². The fourth-order valence-electron chi connectivity index (χ4n) is 1.54. The van der Waals surface area contributed by atoms with Gasteiger partial charge in [-0.2, -0.15) is 0 Å². The molecule has 19 heavy (non-hydrogen) atoms. The third-order valence-corrected chi connectivity index (χ3v) is 2.78. The number of rotatable bonds is 5. The van der Waals surface area contributed by atoms with Gasteiger partial charge >= 0.3 is 6.03 Å². The second kappa shape index (κ2) is 6.94. The highest BCUT2D eigenvalue weighted by molar-refractivity contribution is 7.80. The van der Waals surface area contributed by atoms with Crippen molar-refractivity contribution in [2.24, 2.45) is 5.73 Å². The molecule has 0 aromatic heterocycles. The highest BCUT2D eigenvalue weighted by Crippen LogP contribution is 2.17. The largest absolute Gasteiger partial charge is 0.389 e. The number of urea groups is 1. The van der Waals surface area contributed by atoms with E-state index in [1.807, 2.05) is 25.1 Å². The normalized spacial score (nSPS) is 9.84. The van der Waals surface area contributed by atoms with Crippen LogP contribution in [0.4, 0.5) is 10.5 Å². The van der Waals surface area contributed by atoms with Crippen LogP contribution >= 0.6 is 12.2 Å². The van der Waals surface area contributed by atoms with Gasteiger partial charge in [0.25, 0.3) is 0 Å². The number of anilines is 1. The van der Waals surface area contributed by atoms with Crippen LogP contribution < -0.4 is 16.4 Å². The molecule has 1 rings (SSSR count). The lowest BCUT2D eigenvalue weighted by molar-refractivity contribution is 0.218. The summed E-state index contributed by atoms with van der Waals surface area (Å²) in [6, 6.07) is 5.74. The molecule has 0 spiro atoms. The van der Waals surface area contributed by atoms with Gasteiger partial charge in [-0.3, -0.25) is 0 Å². The predicted molar refractivity (Wildman–Crippen MR) is 82.6 cm³/mol. The standard InChI is InChI=1S/C13H20N4OS/c1-9-4-5-10(12(14)19)11(8-9)15-6-7-16-13(18)17(2)3/h4-5,8,15H,6-7H2,1-3H3,(H2,14,19)(H,16,18). The van der Waals surface area contributed by atoms with Crippen molar-refractivity contribution in [3.05, 3.63) is 29.3 Å². The number of aryl methyl sites for hydroxylation is 1. The van der Waals surface area contributed by atoms with Gasteiger partial charge in [-0.1, -0.05) is 18.3 Å². The van der Waals surface area contributed by atoms with E-state index in [4.69, 9.17) is 18.0 Å². The molecule has 5 nitrogen and oxygen atoms in total. The van der Waals surface area contributed by atoms with Crippen molar-refractivity contribution in [3.63, 3.8) is 0 Å². The first-order chi connectivity index (χ1) is 8.91. The number of nitrogens with two attached hydrogens (primary N) is 1. The Morgan fingerprint density at radius 3 is 2.63 bits per heavy atom. The zero-order valence-corrected chi connectivity index (χ0v) is 12.3. The molecule has 0 bridgehead atoms. The van der Waals surface area contributed by atoms with Gasteiger partial charge in [-0.25, -0.2) is 4.79 Å². The minimum Gasteiger partial charge on any atom is -0.389 e. The molecule has 0 saturated carbocycles. The topological polar surface area (TPSA) is 70.4 Å². The van der Waals surface area contributed by atoms with Crippen LogP contribution in [-0.4, -0.2) is 43.1 Å². The minimum atomic E-state index is -0.111. The third-order valence-electron chi connectivity index (χ3n) is 2.56. The molecule has 0 aliphatic heterocycles. The predicted octanol–water partition coefficient (Wildman–Crippen LogP) is 1.31. The molecule has 0 atom stereocenters. The molecule has 6 heteroatoms.